The Balaban J connectivity index is 1.08. The molecule has 2 saturated heterocycles. The molecule has 20 atom stereocenters. The zero-order valence-corrected chi connectivity index (χ0v) is 34.0. The minimum Gasteiger partial charge on any atom is -0.726 e. The van der Waals surface area contributed by atoms with Gasteiger partial charge in [0.1, 0.15) is 36.6 Å². The molecular weight excluding hydrogens is 756 g/mol. The van der Waals surface area contributed by atoms with Crippen LogP contribution in [0.2, 0.25) is 0 Å². The Hall–Kier alpha value is -0.870. The maximum atomic E-state index is 12.6. The Kier molecular flexibility index (Phi) is 13.5. The second-order valence-corrected chi connectivity index (χ2v) is 19.5. The summed E-state index contributed by atoms with van der Waals surface area (Å²) < 4.78 is 68.1. The van der Waals surface area contributed by atoms with E-state index >= 15 is 0 Å². The molecule has 0 aromatic heterocycles. The van der Waals surface area contributed by atoms with Gasteiger partial charge in [-0.15, -0.1) is 0 Å². The van der Waals surface area contributed by atoms with Crippen LogP contribution in [-0.2, 0) is 38.3 Å². The third-order valence-electron chi connectivity index (χ3n) is 15.2. The van der Waals surface area contributed by atoms with E-state index < -0.39 is 90.1 Å². The Morgan fingerprint density at radius 2 is 1.55 bits per heavy atom. The molecule has 0 amide bonds. The minimum absolute atomic E-state index is 0.0285. The molecule has 1 unspecified atom stereocenters. The summed E-state index contributed by atoms with van der Waals surface area (Å²) in [5.41, 5.74) is -1.00. The van der Waals surface area contributed by atoms with E-state index in [0.717, 1.165) is 31.3 Å². The molecule has 6 rings (SSSR count). The fourth-order valence-electron chi connectivity index (χ4n) is 12.2. The van der Waals surface area contributed by atoms with Crippen LogP contribution < -0.4 is 0 Å². The fraction of sp³-hybridized carbons (Fsp3) is 0.949. The average molecular weight is 822 g/mol. The molecule has 16 nitrogen and oxygen atoms in total. The SMILES string of the molecule is C=C(CC[C@@H](C)[C@H]1C[C@@H](O)[C@@H]2[C@]1(C)CC[C@@H]1[C@@]3(C)CC[C@H](O)C[C@@H]3[C@@H](O)C[C@]12O)C(C)CO[C@@H]1OC[C@@H](O)[C@H](OS(=O)(=O)[O-])[C@H]1O[C@@H]1OC[C@@H](O)[C@H](O)[C@H]1OC. The van der Waals surface area contributed by atoms with Crippen molar-refractivity contribution in [2.75, 3.05) is 26.9 Å². The number of hydrogen-bond donors (Lipinski definition) is 7. The van der Waals surface area contributed by atoms with Crippen molar-refractivity contribution in [1.29, 1.82) is 0 Å². The summed E-state index contributed by atoms with van der Waals surface area (Å²) in [4.78, 5) is 0. The van der Waals surface area contributed by atoms with Crippen LogP contribution in [-0.4, -0.2) is 149 Å². The molecule has 7 N–H and O–H groups in total. The lowest BCUT2D eigenvalue weighted by atomic mass is 9.42. The molecule has 56 heavy (non-hydrogen) atoms. The van der Waals surface area contributed by atoms with Gasteiger partial charge in [-0.25, -0.2) is 8.42 Å². The monoisotopic (exact) mass is 821 g/mol. The number of methoxy groups -OCH3 is 1. The van der Waals surface area contributed by atoms with E-state index in [-0.39, 0.29) is 66.0 Å². The molecule has 324 valence electrons. The first-order valence-electron chi connectivity index (χ1n) is 20.3. The highest BCUT2D eigenvalue weighted by atomic mass is 32.3. The molecule has 0 bridgehead atoms. The molecule has 0 spiro atoms. The standard InChI is InChI=1S/C39H66O16S/c1-19(21(3)16-51-35-33(31(28(44)18-52-35)55-56(47,48)49)54-36-32(50-6)30(45)27(43)17-53-36)7-8-20(2)23-14-25(41)34-38(23,5)12-10-29-37(4)11-9-22(40)13-24(37)26(42)15-39(29,34)46/h20-36,40-46H,1,7-18H2,2-6H3,(H,47,48,49)/p-1/t20-,21?,22+,23-,24-,25-,26+,27-,28-,29-,30+,31+,32-,33-,34-,35-,36+,37+,38-,39+/m1/s1. The summed E-state index contributed by atoms with van der Waals surface area (Å²) in [6, 6.07) is 0. The minimum atomic E-state index is -5.32. The van der Waals surface area contributed by atoms with Crippen LogP contribution in [0.15, 0.2) is 12.2 Å². The van der Waals surface area contributed by atoms with Gasteiger partial charge in [0.15, 0.2) is 12.6 Å². The molecule has 6 aliphatic rings. The van der Waals surface area contributed by atoms with Crippen molar-refractivity contribution in [1.82, 2.24) is 0 Å². The topological polar surface area (TPSA) is 254 Å². The van der Waals surface area contributed by atoms with E-state index in [1.165, 1.54) is 7.11 Å². The predicted molar refractivity (Wildman–Crippen MR) is 196 cm³/mol. The van der Waals surface area contributed by atoms with Crippen LogP contribution >= 0.6 is 0 Å². The van der Waals surface area contributed by atoms with E-state index in [1.807, 2.05) is 6.92 Å². The number of aliphatic hydroxyl groups excluding tert-OH is 6. The smallest absolute Gasteiger partial charge is 0.218 e. The van der Waals surface area contributed by atoms with E-state index in [9.17, 15) is 48.7 Å². The van der Waals surface area contributed by atoms with E-state index in [0.29, 0.717) is 25.7 Å². The zero-order chi connectivity index (χ0) is 41.1. The fourth-order valence-corrected chi connectivity index (χ4v) is 12.7. The van der Waals surface area contributed by atoms with Gasteiger partial charge < -0.3 is 64.0 Å². The highest BCUT2D eigenvalue weighted by Gasteiger charge is 2.70. The molecule has 0 radical (unpaired) electrons. The van der Waals surface area contributed by atoms with Gasteiger partial charge in [0.2, 0.25) is 10.4 Å². The largest absolute Gasteiger partial charge is 0.726 e. The lowest BCUT2D eigenvalue weighted by Crippen LogP contribution is -2.68. The predicted octanol–water partition coefficient (Wildman–Crippen LogP) is 0.729. The Bertz CT molecular complexity index is 1480. The average Bonchev–Trinajstić information content (AvgIpc) is 3.40. The molecule has 4 saturated carbocycles. The first-order chi connectivity index (χ1) is 26.1. The molecule has 0 aromatic rings. The zero-order valence-electron chi connectivity index (χ0n) is 33.2. The summed E-state index contributed by atoms with van der Waals surface area (Å²) in [6.45, 7) is 12.0. The number of aliphatic hydroxyl groups is 7. The second-order valence-electron chi connectivity index (χ2n) is 18.5. The van der Waals surface area contributed by atoms with Crippen LogP contribution in [0.5, 0.6) is 0 Å². The third kappa shape index (κ3) is 8.40. The van der Waals surface area contributed by atoms with Gasteiger partial charge in [-0.2, -0.15) is 0 Å². The van der Waals surface area contributed by atoms with Gasteiger partial charge in [-0.05, 0) is 85.9 Å². The molecule has 17 heteroatoms. The molecular formula is C39H65O16S-. The van der Waals surface area contributed by atoms with E-state index in [4.69, 9.17) is 23.7 Å². The molecule has 4 aliphatic carbocycles. The molecule has 0 aromatic carbocycles. The highest BCUT2D eigenvalue weighted by Crippen LogP contribution is 2.69. The van der Waals surface area contributed by atoms with Crippen molar-refractivity contribution in [3.63, 3.8) is 0 Å². The van der Waals surface area contributed by atoms with Gasteiger partial charge in [0.25, 0.3) is 0 Å². The number of fused-ring (bicyclic) bond motifs is 5. The summed E-state index contributed by atoms with van der Waals surface area (Å²) in [6.07, 6.45) is -7.73. The summed E-state index contributed by atoms with van der Waals surface area (Å²) in [7, 11) is -4.07. The first kappa shape index (κ1) is 44.7. The van der Waals surface area contributed by atoms with E-state index in [1.54, 1.807) is 0 Å². The molecule has 6 fully saturated rings. The normalized spacial score (nSPS) is 49.3. The Labute approximate surface area is 330 Å². The Morgan fingerprint density at radius 1 is 0.893 bits per heavy atom. The van der Waals surface area contributed by atoms with Gasteiger partial charge in [-0.3, -0.25) is 4.18 Å². The van der Waals surface area contributed by atoms with Crippen molar-refractivity contribution in [3.05, 3.63) is 12.2 Å². The van der Waals surface area contributed by atoms with Crippen molar-refractivity contribution in [2.45, 2.75) is 159 Å². The van der Waals surface area contributed by atoms with Gasteiger partial charge in [-0.1, -0.05) is 39.8 Å². The molecule has 2 heterocycles. The number of hydrogen-bond acceptors (Lipinski definition) is 16. The molecule has 2 aliphatic heterocycles. The lowest BCUT2D eigenvalue weighted by molar-refractivity contribution is -0.343. The van der Waals surface area contributed by atoms with Crippen LogP contribution in [0, 0.1) is 46.3 Å². The second kappa shape index (κ2) is 16.9. The maximum absolute atomic E-state index is 12.6. The summed E-state index contributed by atoms with van der Waals surface area (Å²) >= 11 is 0. The van der Waals surface area contributed by atoms with E-state index in [2.05, 4.69) is 31.5 Å². The summed E-state index contributed by atoms with van der Waals surface area (Å²) in [5.74, 6) is -0.483. The van der Waals surface area contributed by atoms with Crippen LogP contribution in [0.4, 0.5) is 0 Å². The van der Waals surface area contributed by atoms with Crippen molar-refractivity contribution >= 4 is 10.4 Å². The maximum Gasteiger partial charge on any atom is 0.218 e. The third-order valence-corrected chi connectivity index (χ3v) is 15.6. The van der Waals surface area contributed by atoms with Crippen molar-refractivity contribution in [3.8, 4) is 0 Å². The van der Waals surface area contributed by atoms with Crippen molar-refractivity contribution < 1.29 is 76.6 Å². The van der Waals surface area contributed by atoms with Crippen LogP contribution in [0.25, 0.3) is 0 Å². The van der Waals surface area contributed by atoms with Crippen LogP contribution in [0.3, 0.4) is 0 Å². The first-order valence-corrected chi connectivity index (χ1v) is 21.6. The number of rotatable bonds is 13. The van der Waals surface area contributed by atoms with Gasteiger partial charge in [0.05, 0.1) is 43.7 Å². The highest BCUT2D eigenvalue weighted by molar-refractivity contribution is 7.80. The lowest BCUT2D eigenvalue weighted by Gasteiger charge is -2.66. The van der Waals surface area contributed by atoms with Crippen molar-refractivity contribution in [2.24, 2.45) is 46.3 Å². The van der Waals surface area contributed by atoms with Gasteiger partial charge in [0, 0.05) is 25.4 Å². The number of ether oxygens (including phenoxy) is 5. The van der Waals surface area contributed by atoms with Crippen LogP contribution in [0.1, 0.15) is 85.5 Å². The summed E-state index contributed by atoms with van der Waals surface area (Å²) in [5, 5.41) is 77.2. The Morgan fingerprint density at radius 3 is 2.23 bits per heavy atom. The quantitative estimate of drug-likeness (QED) is 0.0768. The van der Waals surface area contributed by atoms with Gasteiger partial charge >= 0.3 is 0 Å².